The Kier molecular flexibility index (Phi) is 3.04. The number of hydrogen-bond donors (Lipinski definition) is 0. The van der Waals surface area contributed by atoms with Crippen LogP contribution >= 0.6 is 33.5 Å². The van der Waals surface area contributed by atoms with Crippen LogP contribution in [0.15, 0.2) is 23.0 Å². The first kappa shape index (κ1) is 10.3. The predicted octanol–water partition coefficient (Wildman–Crippen LogP) is 2.11. The Morgan fingerprint density at radius 1 is 1.64 bits per heavy atom. The summed E-state index contributed by atoms with van der Waals surface area (Å²) in [6, 6.07) is 0. The van der Waals surface area contributed by atoms with Crippen LogP contribution in [0.4, 0.5) is 0 Å². The molecule has 2 aliphatic rings. The van der Waals surface area contributed by atoms with E-state index >= 15 is 0 Å². The Morgan fingerprint density at radius 3 is 3.00 bits per heavy atom. The minimum Gasteiger partial charge on any atom is -0.354 e. The minimum atomic E-state index is 0.287. The SMILES string of the molecule is CSSN1C=C1C1SC=C(C=O)N1C. The van der Waals surface area contributed by atoms with Crippen LogP contribution in [0, 0.1) is 0 Å². The zero-order valence-electron chi connectivity index (χ0n) is 7.84. The zero-order chi connectivity index (χ0) is 10.1. The van der Waals surface area contributed by atoms with E-state index in [0.29, 0.717) is 0 Å². The summed E-state index contributed by atoms with van der Waals surface area (Å²) in [6.07, 6.45) is 5.06. The summed E-state index contributed by atoms with van der Waals surface area (Å²) in [6.45, 7) is 0. The number of allylic oxidation sites excluding steroid dienone is 1. The normalized spacial score (nSPS) is 24.9. The summed E-state index contributed by atoms with van der Waals surface area (Å²) in [7, 11) is 5.38. The molecule has 14 heavy (non-hydrogen) atoms. The number of carbonyl (C=O) groups is 1. The van der Waals surface area contributed by atoms with Gasteiger partial charge in [-0.3, -0.25) is 9.10 Å². The van der Waals surface area contributed by atoms with Crippen molar-refractivity contribution in [2.75, 3.05) is 13.3 Å². The second kappa shape index (κ2) is 4.12. The third-order valence-corrected chi connectivity index (χ3v) is 4.79. The summed E-state index contributed by atoms with van der Waals surface area (Å²) in [5.41, 5.74) is 2.05. The molecule has 0 bridgehead atoms. The smallest absolute Gasteiger partial charge is 0.166 e. The molecular formula is C8H10N2OS3. The van der Waals surface area contributed by atoms with Crippen molar-refractivity contribution in [3.05, 3.63) is 23.0 Å². The van der Waals surface area contributed by atoms with E-state index < -0.39 is 0 Å². The standard InChI is InChI=1S/C8H10N2OS3/c1-9-6(4-11)5-13-8(9)7-3-10(7)14-12-2/h3-5,8H,1-2H3. The highest BCUT2D eigenvalue weighted by Crippen LogP contribution is 2.46. The Bertz CT molecular complexity index is 316. The van der Waals surface area contributed by atoms with Crippen LogP contribution < -0.4 is 0 Å². The van der Waals surface area contributed by atoms with Gasteiger partial charge >= 0.3 is 0 Å². The van der Waals surface area contributed by atoms with Crippen LogP contribution in [0.25, 0.3) is 0 Å². The number of nitrogens with zero attached hydrogens (tertiary/aromatic N) is 2. The van der Waals surface area contributed by atoms with Gasteiger partial charge in [0.05, 0.1) is 11.4 Å². The van der Waals surface area contributed by atoms with Gasteiger partial charge in [0.25, 0.3) is 0 Å². The van der Waals surface area contributed by atoms with Gasteiger partial charge in [-0.25, -0.2) is 0 Å². The molecule has 1 unspecified atom stereocenters. The summed E-state index contributed by atoms with van der Waals surface area (Å²) < 4.78 is 2.14. The van der Waals surface area contributed by atoms with Crippen LogP contribution in [0.5, 0.6) is 0 Å². The number of aldehydes is 1. The molecule has 0 aromatic carbocycles. The Balaban J connectivity index is 1.92. The molecule has 1 atom stereocenters. The molecule has 2 heterocycles. The lowest BCUT2D eigenvalue weighted by atomic mass is 10.4. The van der Waals surface area contributed by atoms with E-state index in [-0.39, 0.29) is 5.37 Å². The van der Waals surface area contributed by atoms with Crippen molar-refractivity contribution in [1.29, 1.82) is 0 Å². The van der Waals surface area contributed by atoms with Gasteiger partial charge in [-0.05, 0) is 6.26 Å². The molecule has 2 aliphatic heterocycles. The van der Waals surface area contributed by atoms with E-state index in [1.807, 2.05) is 17.4 Å². The first-order valence-electron chi connectivity index (χ1n) is 4.03. The average Bonchev–Trinajstić information content (AvgIpc) is 2.83. The summed E-state index contributed by atoms with van der Waals surface area (Å²) in [4.78, 5) is 12.7. The fourth-order valence-corrected chi connectivity index (χ4v) is 3.77. The van der Waals surface area contributed by atoms with Crippen molar-refractivity contribution in [2.24, 2.45) is 0 Å². The van der Waals surface area contributed by atoms with Crippen molar-refractivity contribution in [2.45, 2.75) is 5.37 Å². The van der Waals surface area contributed by atoms with Gasteiger partial charge in [0, 0.05) is 29.6 Å². The maximum absolute atomic E-state index is 10.6. The lowest BCUT2D eigenvalue weighted by molar-refractivity contribution is -0.106. The number of thioether (sulfide) groups is 1. The summed E-state index contributed by atoms with van der Waals surface area (Å²) in [5.74, 6) is 0. The third kappa shape index (κ3) is 1.78. The van der Waals surface area contributed by atoms with Crippen molar-refractivity contribution in [1.82, 2.24) is 9.21 Å². The second-order valence-electron chi connectivity index (χ2n) is 2.88. The molecule has 0 saturated carbocycles. The van der Waals surface area contributed by atoms with Gasteiger partial charge in [-0.2, -0.15) is 0 Å². The van der Waals surface area contributed by atoms with Crippen molar-refractivity contribution >= 4 is 39.8 Å². The van der Waals surface area contributed by atoms with Gasteiger partial charge < -0.3 is 4.90 Å². The van der Waals surface area contributed by atoms with E-state index in [0.717, 1.165) is 12.0 Å². The van der Waals surface area contributed by atoms with Gasteiger partial charge in [-0.1, -0.05) is 10.8 Å². The number of rotatable bonds is 4. The first-order chi connectivity index (χ1) is 6.77. The van der Waals surface area contributed by atoms with E-state index in [1.165, 1.54) is 5.70 Å². The van der Waals surface area contributed by atoms with Gasteiger partial charge in [0.1, 0.15) is 5.37 Å². The molecule has 0 aromatic heterocycles. The maximum Gasteiger partial charge on any atom is 0.166 e. The fourth-order valence-electron chi connectivity index (χ4n) is 1.23. The fraction of sp³-hybridized carbons (Fsp3) is 0.375. The van der Waals surface area contributed by atoms with Crippen LogP contribution in [-0.2, 0) is 4.79 Å². The molecule has 0 aliphatic carbocycles. The largest absolute Gasteiger partial charge is 0.354 e. The van der Waals surface area contributed by atoms with Crippen LogP contribution in [0.1, 0.15) is 0 Å². The highest BCUT2D eigenvalue weighted by atomic mass is 33.1. The molecule has 0 spiro atoms. The summed E-state index contributed by atoms with van der Waals surface area (Å²) >= 11 is 1.68. The zero-order valence-corrected chi connectivity index (χ0v) is 10.3. The molecule has 0 N–H and O–H groups in total. The minimum absolute atomic E-state index is 0.287. The topological polar surface area (TPSA) is 23.3 Å². The van der Waals surface area contributed by atoms with Gasteiger partial charge in [0.15, 0.2) is 6.29 Å². The first-order valence-corrected chi connectivity index (χ1v) is 7.49. The molecule has 0 aromatic rings. The molecule has 76 valence electrons. The predicted molar refractivity (Wildman–Crippen MR) is 64.3 cm³/mol. The van der Waals surface area contributed by atoms with Crippen molar-refractivity contribution in [3.8, 4) is 0 Å². The molecule has 0 saturated heterocycles. The van der Waals surface area contributed by atoms with E-state index in [4.69, 9.17) is 0 Å². The van der Waals surface area contributed by atoms with E-state index in [1.54, 1.807) is 33.5 Å². The third-order valence-electron chi connectivity index (χ3n) is 2.04. The van der Waals surface area contributed by atoms with E-state index in [2.05, 4.69) is 16.8 Å². The molecule has 6 heteroatoms. The molecule has 0 radical (unpaired) electrons. The second-order valence-corrected chi connectivity index (χ2v) is 6.16. The summed E-state index contributed by atoms with van der Waals surface area (Å²) in [5, 5.41) is 2.20. The highest BCUT2D eigenvalue weighted by molar-refractivity contribution is 8.75. The van der Waals surface area contributed by atoms with Crippen molar-refractivity contribution in [3.63, 3.8) is 0 Å². The van der Waals surface area contributed by atoms with Crippen LogP contribution in [-0.4, -0.2) is 34.2 Å². The average molecular weight is 246 g/mol. The quantitative estimate of drug-likeness (QED) is 0.428. The Morgan fingerprint density at radius 2 is 2.43 bits per heavy atom. The van der Waals surface area contributed by atoms with Gasteiger partial charge in [0.2, 0.25) is 0 Å². The number of likely N-dealkylation sites (N-methyl/N-ethyl adjacent to an activating group) is 1. The number of carbonyl (C=O) groups excluding carboxylic acids is 1. The van der Waals surface area contributed by atoms with E-state index in [9.17, 15) is 4.79 Å². The monoisotopic (exact) mass is 246 g/mol. The molecule has 3 nitrogen and oxygen atoms in total. The van der Waals surface area contributed by atoms with Gasteiger partial charge in [-0.15, -0.1) is 11.8 Å². The lowest BCUT2D eigenvalue weighted by Crippen LogP contribution is -2.25. The van der Waals surface area contributed by atoms with Crippen molar-refractivity contribution < 1.29 is 4.79 Å². The maximum atomic E-state index is 10.6. The number of hydrogen-bond acceptors (Lipinski definition) is 6. The van der Waals surface area contributed by atoms with Crippen LogP contribution in [0.3, 0.4) is 0 Å². The van der Waals surface area contributed by atoms with Crippen LogP contribution in [0.2, 0.25) is 0 Å². The molecule has 0 fully saturated rings. The highest BCUT2D eigenvalue weighted by Gasteiger charge is 2.36. The Labute approximate surface area is 95.5 Å². The lowest BCUT2D eigenvalue weighted by Gasteiger charge is -2.20. The molecule has 0 amide bonds. The molecular weight excluding hydrogens is 236 g/mol. The molecule has 2 rings (SSSR count). The Hall–Kier alpha value is -0.200.